The molecule has 3 nitrogen and oxygen atoms in total. The maximum Gasteiger partial charge on any atom is 0.216 e. The number of nitrogens with zero attached hydrogens (tertiary/aromatic N) is 2. The van der Waals surface area contributed by atoms with Gasteiger partial charge in [-0.05, 0) is 41.7 Å². The second-order valence-corrected chi connectivity index (χ2v) is 9.11. The molecule has 0 aliphatic heterocycles. The summed E-state index contributed by atoms with van der Waals surface area (Å²) in [6.07, 6.45) is 0. The fourth-order valence-electron chi connectivity index (χ4n) is 4.70. The first kappa shape index (κ1) is 21.0. The number of aryl methyl sites for hydroxylation is 2. The third-order valence-corrected chi connectivity index (χ3v) is 6.69. The van der Waals surface area contributed by atoms with Gasteiger partial charge in [0.05, 0.1) is 17.2 Å². The number of fused-ring (bicyclic) bond motifs is 3. The smallest absolute Gasteiger partial charge is 0.216 e. The fraction of sp³-hybridized carbons (Fsp3) is 0.200. The minimum absolute atomic E-state index is 0.432. The largest absolute Gasteiger partial charge is 0.454 e. The summed E-state index contributed by atoms with van der Waals surface area (Å²) in [5.74, 6) is 0.432. The van der Waals surface area contributed by atoms with E-state index in [4.69, 9.17) is 4.42 Å². The topological polar surface area (TPSA) is 40.8 Å². The van der Waals surface area contributed by atoms with Crippen LogP contribution in [-0.4, -0.2) is 0 Å². The van der Waals surface area contributed by atoms with Crippen LogP contribution in [0.3, 0.4) is 0 Å². The number of hydrogen-bond donors (Lipinski definition) is 0. The van der Waals surface area contributed by atoms with Gasteiger partial charge in [0.15, 0.2) is 5.69 Å². The van der Waals surface area contributed by atoms with Crippen molar-refractivity contribution >= 4 is 21.9 Å². The molecule has 0 N–H and O–H groups in total. The van der Waals surface area contributed by atoms with Gasteiger partial charge in [-0.2, -0.15) is 9.83 Å². The Morgan fingerprint density at radius 2 is 1.52 bits per heavy atom. The molecule has 162 valence electrons. The molecule has 0 bridgehead atoms. The van der Waals surface area contributed by atoms with Gasteiger partial charge in [-0.1, -0.05) is 56.3 Å². The molecule has 0 atom stereocenters. The normalized spacial score (nSPS) is 11.4. The van der Waals surface area contributed by atoms with E-state index in [0.29, 0.717) is 11.5 Å². The van der Waals surface area contributed by atoms with Crippen LogP contribution in [0, 0.1) is 25.2 Å². The Morgan fingerprint density at radius 3 is 2.18 bits per heavy atom. The lowest BCUT2D eigenvalue weighted by Gasteiger charge is -2.11. The van der Waals surface area contributed by atoms with Crippen molar-refractivity contribution in [2.45, 2.75) is 33.6 Å². The van der Waals surface area contributed by atoms with Crippen LogP contribution in [0.4, 0.5) is 0 Å². The summed E-state index contributed by atoms with van der Waals surface area (Å²) in [6, 6.07) is 25.2. The van der Waals surface area contributed by atoms with Crippen LogP contribution < -0.4 is 4.57 Å². The molecule has 5 aromatic rings. The molecule has 2 aromatic heterocycles. The first-order valence-electron chi connectivity index (χ1n) is 11.4. The molecule has 0 radical (unpaired) electrons. The lowest BCUT2D eigenvalue weighted by molar-refractivity contribution is -0.666. The predicted octanol–water partition coefficient (Wildman–Crippen LogP) is 7.36. The third kappa shape index (κ3) is 3.31. The molecule has 0 amide bonds. The van der Waals surface area contributed by atoms with Crippen LogP contribution in [0.25, 0.3) is 44.3 Å². The minimum atomic E-state index is 0.432. The lowest BCUT2D eigenvalue weighted by atomic mass is 9.95. The monoisotopic (exact) mass is 431 g/mol. The summed E-state index contributed by atoms with van der Waals surface area (Å²) in [7, 11) is 2.11. The summed E-state index contributed by atoms with van der Waals surface area (Å²) >= 11 is 0. The van der Waals surface area contributed by atoms with Gasteiger partial charge in [0.1, 0.15) is 18.2 Å². The highest BCUT2D eigenvalue weighted by molar-refractivity contribution is 6.14. The van der Waals surface area contributed by atoms with Crippen LogP contribution in [0.5, 0.6) is 0 Å². The van der Waals surface area contributed by atoms with E-state index in [1.807, 2.05) is 42.5 Å². The zero-order chi connectivity index (χ0) is 23.3. The van der Waals surface area contributed by atoms with Crippen molar-refractivity contribution in [1.82, 2.24) is 0 Å². The van der Waals surface area contributed by atoms with E-state index in [1.54, 1.807) is 0 Å². The van der Waals surface area contributed by atoms with Crippen molar-refractivity contribution in [3.8, 4) is 28.5 Å². The second kappa shape index (κ2) is 7.90. The molecule has 0 saturated carbocycles. The maximum atomic E-state index is 9.85. The van der Waals surface area contributed by atoms with Crippen molar-refractivity contribution in [2.75, 3.05) is 0 Å². The third-order valence-electron chi connectivity index (χ3n) is 6.69. The molecule has 0 aliphatic carbocycles. The Morgan fingerprint density at radius 1 is 0.848 bits per heavy atom. The van der Waals surface area contributed by atoms with E-state index in [0.717, 1.165) is 44.3 Å². The van der Waals surface area contributed by atoms with Crippen molar-refractivity contribution in [3.05, 3.63) is 89.1 Å². The molecule has 0 unspecified atom stereocenters. The Hall–Kier alpha value is -3.90. The summed E-state index contributed by atoms with van der Waals surface area (Å²) < 4.78 is 8.91. The molecular formula is C30H27N2O+. The van der Waals surface area contributed by atoms with Crippen LogP contribution in [-0.2, 0) is 7.05 Å². The first-order valence-corrected chi connectivity index (χ1v) is 11.4. The minimum Gasteiger partial charge on any atom is -0.454 e. The summed E-state index contributed by atoms with van der Waals surface area (Å²) in [6.45, 7) is 8.74. The highest BCUT2D eigenvalue weighted by Crippen LogP contribution is 2.42. The van der Waals surface area contributed by atoms with Crippen LogP contribution in [0.1, 0.15) is 42.1 Å². The number of hydrogen-bond acceptors (Lipinski definition) is 2. The van der Waals surface area contributed by atoms with Gasteiger partial charge in [-0.25, -0.2) is 0 Å². The molecule has 0 saturated heterocycles. The summed E-state index contributed by atoms with van der Waals surface area (Å²) in [5.41, 5.74) is 10.0. The van der Waals surface area contributed by atoms with E-state index >= 15 is 0 Å². The number of aromatic nitrogens is 1. The van der Waals surface area contributed by atoms with Crippen LogP contribution >= 0.6 is 0 Å². The van der Waals surface area contributed by atoms with Crippen molar-refractivity contribution in [3.63, 3.8) is 0 Å². The second-order valence-electron chi connectivity index (χ2n) is 9.11. The van der Waals surface area contributed by atoms with Gasteiger partial charge >= 0.3 is 0 Å². The number of furan rings is 1. The average molecular weight is 432 g/mol. The molecule has 0 aliphatic rings. The van der Waals surface area contributed by atoms with Gasteiger partial charge in [-0.3, -0.25) is 0 Å². The van der Waals surface area contributed by atoms with Gasteiger partial charge in [0.25, 0.3) is 0 Å². The van der Waals surface area contributed by atoms with Gasteiger partial charge < -0.3 is 4.42 Å². The van der Waals surface area contributed by atoms with E-state index in [2.05, 4.69) is 69.6 Å². The van der Waals surface area contributed by atoms with Crippen LogP contribution in [0.2, 0.25) is 0 Å². The van der Waals surface area contributed by atoms with Crippen molar-refractivity contribution in [2.24, 2.45) is 7.05 Å². The van der Waals surface area contributed by atoms with Gasteiger partial charge in [0, 0.05) is 35.4 Å². The number of pyridine rings is 1. The zero-order valence-electron chi connectivity index (χ0n) is 19.7. The maximum absolute atomic E-state index is 9.85. The molecule has 2 heterocycles. The molecule has 3 aromatic carbocycles. The Balaban J connectivity index is 1.91. The van der Waals surface area contributed by atoms with Crippen molar-refractivity contribution in [1.29, 1.82) is 5.26 Å². The number of nitriles is 1. The molecule has 0 spiro atoms. The zero-order valence-corrected chi connectivity index (χ0v) is 19.7. The predicted molar refractivity (Wildman–Crippen MR) is 134 cm³/mol. The highest BCUT2D eigenvalue weighted by atomic mass is 16.3. The fourth-order valence-corrected chi connectivity index (χ4v) is 4.70. The Kier molecular flexibility index (Phi) is 5.02. The number of rotatable bonds is 3. The number of benzene rings is 3. The highest BCUT2D eigenvalue weighted by Gasteiger charge is 2.24. The summed E-state index contributed by atoms with van der Waals surface area (Å²) in [5, 5.41) is 11.9. The van der Waals surface area contributed by atoms with E-state index in [9.17, 15) is 5.26 Å². The summed E-state index contributed by atoms with van der Waals surface area (Å²) in [4.78, 5) is 0. The molecule has 0 fully saturated rings. The van der Waals surface area contributed by atoms with Gasteiger partial charge in [-0.15, -0.1) is 0 Å². The molecule has 5 rings (SSSR count). The quantitative estimate of drug-likeness (QED) is 0.280. The molecule has 3 heteroatoms. The van der Waals surface area contributed by atoms with E-state index in [-0.39, 0.29) is 0 Å². The lowest BCUT2D eigenvalue weighted by Crippen LogP contribution is -2.35. The van der Waals surface area contributed by atoms with Crippen molar-refractivity contribution < 1.29 is 8.98 Å². The first-order chi connectivity index (χ1) is 15.9. The van der Waals surface area contributed by atoms with Crippen LogP contribution in [0.15, 0.2) is 71.1 Å². The Bertz CT molecular complexity index is 1570. The van der Waals surface area contributed by atoms with E-state index in [1.165, 1.54) is 16.8 Å². The molecular weight excluding hydrogens is 404 g/mol. The van der Waals surface area contributed by atoms with Gasteiger partial charge in [0.2, 0.25) is 5.69 Å². The molecule has 33 heavy (non-hydrogen) atoms. The Labute approximate surface area is 194 Å². The standard InChI is InChI=1S/C30H27N2O/c1-18(2)23-15-20(4)32(5)26(16-23)27-19(3)11-13-24-25-14-12-22(17-31)28(30(25)33-29(24)27)21-9-7-6-8-10-21/h6-16,18H,1-5H3/q+1. The SMILES string of the molecule is Cc1ccc2c(oc3c(-c4ccccc4)c(C#N)ccc32)c1-c1cc(C(C)C)cc(C)[n+]1C. The van der Waals surface area contributed by atoms with E-state index < -0.39 is 0 Å². The average Bonchev–Trinajstić information content (AvgIpc) is 3.19.